The molecule has 0 amide bonds. The fourth-order valence-corrected chi connectivity index (χ4v) is 5.46. The highest BCUT2D eigenvalue weighted by atomic mass is 16.5. The molecule has 0 radical (unpaired) electrons. The van der Waals surface area contributed by atoms with Crippen molar-refractivity contribution in [3.63, 3.8) is 0 Å². The predicted octanol–water partition coefficient (Wildman–Crippen LogP) is 8.94. The molecule has 0 saturated heterocycles. The molecule has 1 fully saturated rings. The number of ether oxygens (including phenoxy) is 1. The lowest BCUT2D eigenvalue weighted by atomic mass is 9.99. The molecule has 1 rings (SSSR count). The van der Waals surface area contributed by atoms with Gasteiger partial charge in [-0.05, 0) is 51.6 Å². The number of carbonyl (C=O) groups excluding carboxylic acids is 1. The lowest BCUT2D eigenvalue weighted by Gasteiger charge is -2.24. The summed E-state index contributed by atoms with van der Waals surface area (Å²) in [6.07, 6.45) is 29.7. The van der Waals surface area contributed by atoms with Crippen molar-refractivity contribution in [2.45, 2.75) is 154 Å². The quantitative estimate of drug-likeness (QED) is 0.105. The predicted molar refractivity (Wildman–Crippen MR) is 144 cm³/mol. The van der Waals surface area contributed by atoms with E-state index in [1.807, 2.05) is 0 Å². The van der Waals surface area contributed by atoms with Crippen molar-refractivity contribution in [1.82, 2.24) is 4.90 Å². The molecule has 3 unspecified atom stereocenters. The Bertz CT molecular complexity index is 451. The second-order valence-corrected chi connectivity index (χ2v) is 11.2. The zero-order valence-corrected chi connectivity index (χ0v) is 23.1. The standard InChI is InChI=1S/C30H59NO2/c1-5-6-7-11-18-23-29(31(2)3)24-19-14-9-8-12-16-21-27-26-28(27)22-17-13-10-15-20-25-30(32)33-4/h27-29H,5-26H2,1-4H3. The zero-order chi connectivity index (χ0) is 24.2. The topological polar surface area (TPSA) is 29.5 Å². The summed E-state index contributed by atoms with van der Waals surface area (Å²) in [6, 6.07) is 0.804. The summed E-state index contributed by atoms with van der Waals surface area (Å²) in [4.78, 5) is 13.6. The van der Waals surface area contributed by atoms with Gasteiger partial charge in [0.15, 0.2) is 0 Å². The molecule has 0 aliphatic heterocycles. The van der Waals surface area contributed by atoms with Gasteiger partial charge in [0.05, 0.1) is 7.11 Å². The van der Waals surface area contributed by atoms with Crippen LogP contribution in [-0.4, -0.2) is 38.1 Å². The molecule has 0 spiro atoms. The van der Waals surface area contributed by atoms with Crippen LogP contribution in [0, 0.1) is 11.8 Å². The van der Waals surface area contributed by atoms with Crippen LogP contribution >= 0.6 is 0 Å². The van der Waals surface area contributed by atoms with Crippen molar-refractivity contribution >= 4 is 5.97 Å². The van der Waals surface area contributed by atoms with E-state index in [1.54, 1.807) is 0 Å². The molecule has 1 aliphatic rings. The van der Waals surface area contributed by atoms with E-state index < -0.39 is 0 Å². The van der Waals surface area contributed by atoms with Gasteiger partial charge in [0.1, 0.15) is 0 Å². The Labute approximate surface area is 207 Å². The number of methoxy groups -OCH3 is 1. The van der Waals surface area contributed by atoms with Crippen molar-refractivity contribution in [3.05, 3.63) is 0 Å². The molecule has 0 bridgehead atoms. The second-order valence-electron chi connectivity index (χ2n) is 11.2. The number of hydrogen-bond acceptors (Lipinski definition) is 3. The first-order valence-corrected chi connectivity index (χ1v) is 14.8. The van der Waals surface area contributed by atoms with Crippen LogP contribution < -0.4 is 0 Å². The van der Waals surface area contributed by atoms with Crippen molar-refractivity contribution < 1.29 is 9.53 Å². The van der Waals surface area contributed by atoms with Gasteiger partial charge in [-0.2, -0.15) is 0 Å². The maximum absolute atomic E-state index is 11.1. The molecule has 1 aliphatic carbocycles. The van der Waals surface area contributed by atoms with Crippen LogP contribution in [0.3, 0.4) is 0 Å². The Hall–Kier alpha value is -0.570. The Kier molecular flexibility index (Phi) is 19.2. The summed E-state index contributed by atoms with van der Waals surface area (Å²) in [6.45, 7) is 2.30. The molecule has 0 aromatic carbocycles. The van der Waals surface area contributed by atoms with Gasteiger partial charge in [-0.1, -0.05) is 116 Å². The summed E-state index contributed by atoms with van der Waals surface area (Å²) < 4.78 is 4.69. The third kappa shape index (κ3) is 17.5. The Balaban J connectivity index is 1.85. The van der Waals surface area contributed by atoms with E-state index in [0.29, 0.717) is 6.42 Å². The summed E-state index contributed by atoms with van der Waals surface area (Å²) >= 11 is 0. The van der Waals surface area contributed by atoms with E-state index in [1.165, 1.54) is 136 Å². The SMILES string of the molecule is CCCCCCCC(CCCCCCCCC1CC1CCCCCCCC(=O)OC)N(C)C. The van der Waals surface area contributed by atoms with E-state index in [2.05, 4.69) is 25.9 Å². The number of carbonyl (C=O) groups is 1. The van der Waals surface area contributed by atoms with Crippen LogP contribution in [0.25, 0.3) is 0 Å². The second kappa shape index (κ2) is 20.8. The van der Waals surface area contributed by atoms with Crippen LogP contribution in [0.4, 0.5) is 0 Å². The first kappa shape index (κ1) is 30.5. The lowest BCUT2D eigenvalue weighted by Crippen LogP contribution is -2.27. The third-order valence-corrected chi connectivity index (χ3v) is 7.99. The molecule has 3 atom stereocenters. The van der Waals surface area contributed by atoms with E-state index in [9.17, 15) is 4.79 Å². The largest absolute Gasteiger partial charge is 0.469 e. The van der Waals surface area contributed by atoms with Gasteiger partial charge >= 0.3 is 5.97 Å². The monoisotopic (exact) mass is 465 g/mol. The van der Waals surface area contributed by atoms with E-state index in [0.717, 1.165) is 24.3 Å². The highest BCUT2D eigenvalue weighted by Crippen LogP contribution is 2.45. The first-order valence-electron chi connectivity index (χ1n) is 14.8. The molecular weight excluding hydrogens is 406 g/mol. The number of esters is 1. The van der Waals surface area contributed by atoms with Gasteiger partial charge in [-0.15, -0.1) is 0 Å². The van der Waals surface area contributed by atoms with Gasteiger partial charge < -0.3 is 9.64 Å². The fourth-order valence-electron chi connectivity index (χ4n) is 5.46. The maximum atomic E-state index is 11.1. The lowest BCUT2D eigenvalue weighted by molar-refractivity contribution is -0.140. The van der Waals surface area contributed by atoms with Crippen LogP contribution in [0.1, 0.15) is 148 Å². The molecule has 0 heterocycles. The highest BCUT2D eigenvalue weighted by molar-refractivity contribution is 5.68. The molecule has 196 valence electrons. The minimum absolute atomic E-state index is 0.0581. The van der Waals surface area contributed by atoms with E-state index >= 15 is 0 Å². The molecule has 3 heteroatoms. The Morgan fingerprint density at radius 3 is 1.67 bits per heavy atom. The molecule has 0 aromatic heterocycles. The highest BCUT2D eigenvalue weighted by Gasteiger charge is 2.34. The van der Waals surface area contributed by atoms with Crippen molar-refractivity contribution in [2.75, 3.05) is 21.2 Å². The van der Waals surface area contributed by atoms with Crippen LogP contribution in [0.15, 0.2) is 0 Å². The van der Waals surface area contributed by atoms with Crippen molar-refractivity contribution in [1.29, 1.82) is 0 Å². The Morgan fingerprint density at radius 1 is 0.727 bits per heavy atom. The normalized spacial score (nSPS) is 18.6. The molecule has 0 aromatic rings. The van der Waals surface area contributed by atoms with Gasteiger partial charge in [-0.25, -0.2) is 0 Å². The zero-order valence-electron chi connectivity index (χ0n) is 23.1. The smallest absolute Gasteiger partial charge is 0.305 e. The minimum Gasteiger partial charge on any atom is -0.469 e. The molecule has 3 nitrogen and oxygen atoms in total. The van der Waals surface area contributed by atoms with Crippen molar-refractivity contribution in [3.8, 4) is 0 Å². The maximum Gasteiger partial charge on any atom is 0.305 e. The van der Waals surface area contributed by atoms with Crippen LogP contribution in [-0.2, 0) is 9.53 Å². The van der Waals surface area contributed by atoms with Crippen molar-refractivity contribution in [2.24, 2.45) is 11.8 Å². The molecular formula is C30H59NO2. The number of unbranched alkanes of at least 4 members (excludes halogenated alkanes) is 13. The van der Waals surface area contributed by atoms with Gasteiger partial charge in [0.2, 0.25) is 0 Å². The van der Waals surface area contributed by atoms with Gasteiger partial charge in [0.25, 0.3) is 0 Å². The average molecular weight is 466 g/mol. The van der Waals surface area contributed by atoms with Gasteiger partial charge in [-0.3, -0.25) is 4.79 Å². The molecule has 1 saturated carbocycles. The summed E-state index contributed by atoms with van der Waals surface area (Å²) in [5.74, 6) is 2.05. The number of rotatable bonds is 24. The third-order valence-electron chi connectivity index (χ3n) is 7.99. The van der Waals surface area contributed by atoms with Crippen LogP contribution in [0.2, 0.25) is 0 Å². The summed E-state index contributed by atoms with van der Waals surface area (Å²) in [7, 11) is 6.03. The van der Waals surface area contributed by atoms with E-state index in [4.69, 9.17) is 4.74 Å². The number of hydrogen-bond donors (Lipinski definition) is 0. The molecule has 33 heavy (non-hydrogen) atoms. The summed E-state index contributed by atoms with van der Waals surface area (Å²) in [5, 5.41) is 0. The van der Waals surface area contributed by atoms with Crippen LogP contribution in [0.5, 0.6) is 0 Å². The average Bonchev–Trinajstić information content (AvgIpc) is 3.56. The Morgan fingerprint density at radius 2 is 1.18 bits per heavy atom. The van der Waals surface area contributed by atoms with Gasteiger partial charge in [0, 0.05) is 12.5 Å². The molecule has 0 N–H and O–H groups in total. The number of nitrogens with zero attached hydrogens (tertiary/aromatic N) is 1. The van der Waals surface area contributed by atoms with E-state index in [-0.39, 0.29) is 5.97 Å². The fraction of sp³-hybridized carbons (Fsp3) is 0.967. The first-order chi connectivity index (χ1) is 16.1. The summed E-state index contributed by atoms with van der Waals surface area (Å²) in [5.41, 5.74) is 0. The minimum atomic E-state index is -0.0581.